The fourth-order valence-corrected chi connectivity index (χ4v) is 3.98. The van der Waals surface area contributed by atoms with Crippen molar-refractivity contribution >= 4 is 28.6 Å². The van der Waals surface area contributed by atoms with Crippen LogP contribution in [0.5, 0.6) is 5.75 Å². The summed E-state index contributed by atoms with van der Waals surface area (Å²) in [5, 5.41) is 7.52. The molecule has 1 aromatic carbocycles. The summed E-state index contributed by atoms with van der Waals surface area (Å²) in [7, 11) is 1.54. The number of hydrogen-bond donors (Lipinski definition) is 1. The number of aliphatic imine (C=N–C) groups is 1. The van der Waals surface area contributed by atoms with Crippen molar-refractivity contribution in [3.8, 4) is 11.4 Å². The van der Waals surface area contributed by atoms with Gasteiger partial charge >= 0.3 is 0 Å². The summed E-state index contributed by atoms with van der Waals surface area (Å²) in [4.78, 5) is 25.2. The second-order valence-corrected chi connectivity index (χ2v) is 8.16. The van der Waals surface area contributed by atoms with Crippen molar-refractivity contribution in [2.75, 3.05) is 12.4 Å². The van der Waals surface area contributed by atoms with Crippen LogP contribution in [-0.4, -0.2) is 44.8 Å². The number of benzene rings is 1. The normalized spacial score (nSPS) is 14.9. The molecule has 33 heavy (non-hydrogen) atoms. The zero-order chi connectivity index (χ0) is 23.1. The van der Waals surface area contributed by atoms with E-state index in [0.717, 1.165) is 12.8 Å². The van der Waals surface area contributed by atoms with E-state index in [1.807, 2.05) is 25.1 Å². The number of Topliss-reactive ketones (excluding diaryl/α,β-unsaturated/α-hetero) is 1. The largest absolute Gasteiger partial charge is 0.492 e. The van der Waals surface area contributed by atoms with E-state index in [9.17, 15) is 13.6 Å². The molecule has 0 saturated heterocycles. The molecule has 1 aliphatic carbocycles. The SMILES string of the molecule is COc1c(Nc2cc(CC(=O)C3CC3)nc3c2N=C(C(F)F)C3)cccc1-n1ncnc1C. The van der Waals surface area contributed by atoms with Gasteiger partial charge in [-0.05, 0) is 38.0 Å². The highest BCUT2D eigenvalue weighted by Gasteiger charge is 2.31. The lowest BCUT2D eigenvalue weighted by atomic mass is 10.1. The van der Waals surface area contributed by atoms with Crippen LogP contribution in [0.2, 0.25) is 0 Å². The molecular weight excluding hydrogens is 430 g/mol. The molecule has 170 valence electrons. The molecule has 0 bridgehead atoms. The molecule has 1 N–H and O–H groups in total. The van der Waals surface area contributed by atoms with E-state index in [-0.39, 0.29) is 30.3 Å². The van der Waals surface area contributed by atoms with Crippen LogP contribution in [0.15, 0.2) is 35.6 Å². The third-order valence-corrected chi connectivity index (χ3v) is 5.78. The van der Waals surface area contributed by atoms with E-state index in [1.165, 1.54) is 6.33 Å². The number of aryl methyl sites for hydroxylation is 1. The van der Waals surface area contributed by atoms with Gasteiger partial charge in [0.15, 0.2) is 5.75 Å². The third kappa shape index (κ3) is 4.08. The number of rotatable bonds is 8. The van der Waals surface area contributed by atoms with E-state index in [0.29, 0.717) is 45.7 Å². The standard InChI is InChI=1S/C23H22F2N6O2/c1-12-26-11-27-31(12)19-5-3-4-15(22(19)33-2)29-16-8-14(9-20(32)13-6-7-13)28-17-10-18(23(24)25)30-21(16)17/h3-5,8,11,13,23H,6-7,9-10H2,1-2H3,(H,28,29). The van der Waals surface area contributed by atoms with Gasteiger partial charge in [0, 0.05) is 18.8 Å². The van der Waals surface area contributed by atoms with Crippen molar-refractivity contribution in [3.63, 3.8) is 0 Å². The van der Waals surface area contributed by atoms with E-state index in [4.69, 9.17) is 4.74 Å². The first-order chi connectivity index (χ1) is 15.9. The van der Waals surface area contributed by atoms with Gasteiger partial charge in [-0.2, -0.15) is 5.10 Å². The van der Waals surface area contributed by atoms with Crippen molar-refractivity contribution < 1.29 is 18.3 Å². The van der Waals surface area contributed by atoms with E-state index in [1.54, 1.807) is 17.9 Å². The quantitative estimate of drug-likeness (QED) is 0.552. The highest BCUT2D eigenvalue weighted by Crippen LogP contribution is 2.41. The number of para-hydroxylation sites is 1. The Morgan fingerprint density at radius 2 is 2.12 bits per heavy atom. The number of nitrogens with one attached hydrogen (secondary N) is 1. The van der Waals surface area contributed by atoms with Crippen LogP contribution in [0, 0.1) is 12.8 Å². The zero-order valence-corrected chi connectivity index (χ0v) is 18.2. The van der Waals surface area contributed by atoms with Crippen LogP contribution in [0.25, 0.3) is 5.69 Å². The Bertz CT molecular complexity index is 1270. The fraction of sp³-hybridized carbons (Fsp3) is 0.348. The molecule has 2 aliphatic rings. The first-order valence-corrected chi connectivity index (χ1v) is 10.7. The fourth-order valence-electron chi connectivity index (χ4n) is 3.98. The molecule has 1 saturated carbocycles. The monoisotopic (exact) mass is 452 g/mol. The maximum Gasteiger partial charge on any atom is 0.277 e. The number of methoxy groups -OCH3 is 1. The number of alkyl halides is 2. The molecule has 1 aliphatic heterocycles. The molecule has 3 aromatic rings. The molecule has 0 atom stereocenters. The first kappa shape index (κ1) is 21.2. The zero-order valence-electron chi connectivity index (χ0n) is 18.2. The maximum atomic E-state index is 13.4. The van der Waals surface area contributed by atoms with Crippen molar-refractivity contribution in [3.05, 3.63) is 47.8 Å². The predicted molar refractivity (Wildman–Crippen MR) is 118 cm³/mol. The van der Waals surface area contributed by atoms with Crippen LogP contribution >= 0.6 is 0 Å². The molecule has 8 nitrogen and oxygen atoms in total. The van der Waals surface area contributed by atoms with Gasteiger partial charge in [-0.25, -0.2) is 23.4 Å². The van der Waals surface area contributed by atoms with Crippen molar-refractivity contribution in [1.29, 1.82) is 0 Å². The van der Waals surface area contributed by atoms with Crippen LogP contribution in [0.3, 0.4) is 0 Å². The number of hydrogen-bond acceptors (Lipinski definition) is 7. The molecule has 0 amide bonds. The minimum Gasteiger partial charge on any atom is -0.492 e. The summed E-state index contributed by atoms with van der Waals surface area (Å²) in [6, 6.07) is 7.19. The Morgan fingerprint density at radius 1 is 1.30 bits per heavy atom. The summed E-state index contributed by atoms with van der Waals surface area (Å²) < 4.78 is 34.1. The molecule has 2 aromatic heterocycles. The van der Waals surface area contributed by atoms with Crippen LogP contribution in [0.1, 0.15) is 30.1 Å². The molecule has 0 radical (unpaired) electrons. The van der Waals surface area contributed by atoms with Gasteiger partial charge in [-0.1, -0.05) is 6.07 Å². The molecule has 0 unspecified atom stereocenters. The predicted octanol–water partition coefficient (Wildman–Crippen LogP) is 4.14. The minimum atomic E-state index is -2.67. The van der Waals surface area contributed by atoms with Gasteiger partial charge in [0.2, 0.25) is 0 Å². The highest BCUT2D eigenvalue weighted by molar-refractivity contribution is 5.99. The highest BCUT2D eigenvalue weighted by atomic mass is 19.3. The van der Waals surface area contributed by atoms with Crippen molar-refractivity contribution in [2.24, 2.45) is 10.9 Å². The summed E-state index contributed by atoms with van der Waals surface area (Å²) in [5.74, 6) is 1.40. The lowest BCUT2D eigenvalue weighted by molar-refractivity contribution is -0.119. The number of fused-ring (bicyclic) bond motifs is 1. The van der Waals surface area contributed by atoms with Crippen molar-refractivity contribution in [2.45, 2.75) is 39.0 Å². The molecular formula is C23H22F2N6O2. The maximum absolute atomic E-state index is 13.4. The van der Waals surface area contributed by atoms with Crippen molar-refractivity contribution in [1.82, 2.24) is 19.7 Å². The number of ether oxygens (including phenoxy) is 1. The van der Waals surface area contributed by atoms with E-state index in [2.05, 4.69) is 25.4 Å². The Labute approximate surface area is 188 Å². The number of halogens is 2. The number of ketones is 1. The Morgan fingerprint density at radius 3 is 2.79 bits per heavy atom. The van der Waals surface area contributed by atoms with Gasteiger partial charge in [0.25, 0.3) is 6.43 Å². The third-order valence-electron chi connectivity index (χ3n) is 5.78. The Kier molecular flexibility index (Phi) is 5.35. The van der Waals surface area contributed by atoms with Gasteiger partial charge < -0.3 is 10.1 Å². The number of pyridine rings is 1. The van der Waals surface area contributed by atoms with Gasteiger partial charge in [0.05, 0.1) is 35.6 Å². The van der Waals surface area contributed by atoms with Gasteiger partial charge in [0.1, 0.15) is 29.3 Å². The van der Waals surface area contributed by atoms with Crippen LogP contribution in [-0.2, 0) is 17.6 Å². The summed E-state index contributed by atoms with van der Waals surface area (Å²) in [6.07, 6.45) is 0.720. The molecule has 10 heteroatoms. The topological polar surface area (TPSA) is 94.3 Å². The molecule has 3 heterocycles. The number of carbonyl (C=O) groups excluding carboxylic acids is 1. The van der Waals surface area contributed by atoms with Gasteiger partial charge in [-0.15, -0.1) is 0 Å². The van der Waals surface area contributed by atoms with Gasteiger partial charge in [-0.3, -0.25) is 9.78 Å². The molecule has 0 spiro atoms. The Balaban J connectivity index is 1.55. The Hall–Kier alpha value is -3.69. The van der Waals surface area contributed by atoms with E-state index < -0.39 is 6.43 Å². The number of anilines is 2. The minimum absolute atomic E-state index is 0.0392. The number of nitrogens with zero attached hydrogens (tertiary/aromatic N) is 5. The smallest absolute Gasteiger partial charge is 0.277 e. The van der Waals surface area contributed by atoms with Crippen LogP contribution < -0.4 is 10.1 Å². The number of aromatic nitrogens is 4. The van der Waals surface area contributed by atoms with Crippen LogP contribution in [0.4, 0.5) is 25.8 Å². The first-order valence-electron chi connectivity index (χ1n) is 10.7. The summed E-state index contributed by atoms with van der Waals surface area (Å²) in [6.45, 7) is 1.83. The molecule has 1 fully saturated rings. The summed E-state index contributed by atoms with van der Waals surface area (Å²) >= 11 is 0. The van der Waals surface area contributed by atoms with E-state index >= 15 is 0 Å². The summed E-state index contributed by atoms with van der Waals surface area (Å²) in [5.41, 5.74) is 2.88. The second-order valence-electron chi connectivity index (χ2n) is 8.16. The lowest BCUT2D eigenvalue weighted by Crippen LogP contribution is -2.11. The second kappa shape index (κ2) is 8.34. The average Bonchev–Trinajstić information content (AvgIpc) is 3.42. The lowest BCUT2D eigenvalue weighted by Gasteiger charge is -2.17. The average molecular weight is 452 g/mol. The molecule has 5 rings (SSSR count). The number of carbonyl (C=O) groups is 1.